The highest BCUT2D eigenvalue weighted by Gasteiger charge is 2.17. The first kappa shape index (κ1) is 14.8. The van der Waals surface area contributed by atoms with Gasteiger partial charge in [-0.05, 0) is 26.7 Å². The van der Waals surface area contributed by atoms with Gasteiger partial charge in [0.15, 0.2) is 0 Å². The lowest BCUT2D eigenvalue weighted by Gasteiger charge is -2.08. The van der Waals surface area contributed by atoms with E-state index in [0.717, 1.165) is 42.9 Å². The van der Waals surface area contributed by atoms with Gasteiger partial charge in [-0.3, -0.25) is 14.6 Å². The van der Waals surface area contributed by atoms with Crippen molar-refractivity contribution in [1.29, 1.82) is 0 Å². The highest BCUT2D eigenvalue weighted by atomic mass is 16.5. The van der Waals surface area contributed by atoms with Gasteiger partial charge in [-0.2, -0.15) is 10.2 Å². The number of amides is 1. The minimum absolute atomic E-state index is 0.0655. The fourth-order valence-electron chi connectivity index (χ4n) is 2.73. The number of H-pyrrole nitrogens is 1. The zero-order valence-electron chi connectivity index (χ0n) is 12.9. The maximum atomic E-state index is 12.1. The summed E-state index contributed by atoms with van der Waals surface area (Å²) < 4.78 is 7.40. The van der Waals surface area contributed by atoms with Crippen LogP contribution in [0.5, 0.6) is 0 Å². The van der Waals surface area contributed by atoms with E-state index < -0.39 is 0 Å². The summed E-state index contributed by atoms with van der Waals surface area (Å²) in [5.41, 5.74) is 3.45. The van der Waals surface area contributed by atoms with Crippen LogP contribution in [0.15, 0.2) is 12.4 Å². The van der Waals surface area contributed by atoms with Crippen molar-refractivity contribution in [2.75, 3.05) is 11.9 Å². The summed E-state index contributed by atoms with van der Waals surface area (Å²) in [6.45, 7) is 5.38. The van der Waals surface area contributed by atoms with Crippen molar-refractivity contribution < 1.29 is 9.53 Å². The molecule has 3 heterocycles. The van der Waals surface area contributed by atoms with E-state index in [1.54, 1.807) is 6.20 Å². The maximum absolute atomic E-state index is 12.1. The summed E-state index contributed by atoms with van der Waals surface area (Å²) in [4.78, 5) is 12.1. The lowest BCUT2D eigenvalue weighted by Crippen LogP contribution is -2.16. The molecule has 1 unspecified atom stereocenters. The third kappa shape index (κ3) is 3.36. The molecule has 0 aliphatic carbocycles. The maximum Gasteiger partial charge on any atom is 0.229 e. The third-order valence-corrected chi connectivity index (χ3v) is 3.95. The Bertz CT molecular complexity index is 635. The number of carbonyl (C=O) groups excluding carboxylic acids is 1. The van der Waals surface area contributed by atoms with Crippen molar-refractivity contribution in [1.82, 2.24) is 20.0 Å². The van der Waals surface area contributed by atoms with E-state index in [-0.39, 0.29) is 12.0 Å². The molecule has 0 spiro atoms. The Morgan fingerprint density at radius 3 is 3.09 bits per heavy atom. The highest BCUT2D eigenvalue weighted by molar-refractivity contribution is 5.92. The minimum Gasteiger partial charge on any atom is -0.376 e. The molecule has 7 nitrogen and oxygen atoms in total. The zero-order valence-corrected chi connectivity index (χ0v) is 12.9. The van der Waals surface area contributed by atoms with Crippen molar-refractivity contribution in [2.24, 2.45) is 0 Å². The van der Waals surface area contributed by atoms with Gasteiger partial charge in [0.2, 0.25) is 5.91 Å². The van der Waals surface area contributed by atoms with Gasteiger partial charge in [0.25, 0.3) is 0 Å². The molecule has 0 radical (unpaired) electrons. The molecule has 1 aliphatic heterocycles. The Balaban J connectivity index is 1.56. The van der Waals surface area contributed by atoms with Crippen molar-refractivity contribution in [3.63, 3.8) is 0 Å². The van der Waals surface area contributed by atoms with Crippen LogP contribution in [0.4, 0.5) is 5.69 Å². The molecule has 2 aromatic rings. The molecule has 7 heteroatoms. The fraction of sp³-hybridized carbons (Fsp3) is 0.533. The Morgan fingerprint density at radius 2 is 2.41 bits per heavy atom. The molecule has 1 saturated heterocycles. The van der Waals surface area contributed by atoms with Crippen LogP contribution in [0.25, 0.3) is 0 Å². The largest absolute Gasteiger partial charge is 0.376 e. The first-order valence-corrected chi connectivity index (χ1v) is 7.56. The average Bonchev–Trinajstić information content (AvgIpc) is 3.19. The normalized spacial score (nSPS) is 17.8. The number of hydrogen-bond acceptors (Lipinski definition) is 4. The topological polar surface area (TPSA) is 84.8 Å². The van der Waals surface area contributed by atoms with Crippen molar-refractivity contribution in [2.45, 2.75) is 45.8 Å². The summed E-state index contributed by atoms with van der Waals surface area (Å²) in [7, 11) is 0. The summed E-state index contributed by atoms with van der Waals surface area (Å²) in [6, 6.07) is 0. The lowest BCUT2D eigenvalue weighted by atomic mass is 10.1. The molecular formula is C15H21N5O2. The number of ether oxygens (including phenoxy) is 1. The van der Waals surface area contributed by atoms with Crippen molar-refractivity contribution in [3.8, 4) is 0 Å². The summed E-state index contributed by atoms with van der Waals surface area (Å²) in [5.74, 6) is -0.0655. The Hall–Kier alpha value is -2.15. The Labute approximate surface area is 129 Å². The molecular weight excluding hydrogens is 282 g/mol. The summed E-state index contributed by atoms with van der Waals surface area (Å²) >= 11 is 0. The second-order valence-electron chi connectivity index (χ2n) is 5.72. The molecule has 2 aromatic heterocycles. The van der Waals surface area contributed by atoms with Crippen LogP contribution < -0.4 is 5.32 Å². The number of aryl methyl sites for hydroxylation is 2. The highest BCUT2D eigenvalue weighted by Crippen LogP contribution is 2.15. The zero-order chi connectivity index (χ0) is 15.5. The average molecular weight is 303 g/mol. The molecule has 1 atom stereocenters. The molecule has 3 rings (SSSR count). The molecule has 118 valence electrons. The van der Waals surface area contributed by atoms with Gasteiger partial charge in [-0.1, -0.05) is 0 Å². The molecule has 22 heavy (non-hydrogen) atoms. The number of anilines is 1. The summed E-state index contributed by atoms with van der Waals surface area (Å²) in [5, 5.41) is 14.1. The molecule has 1 aliphatic rings. The number of aromatic amines is 1. The van der Waals surface area contributed by atoms with Gasteiger partial charge in [0.1, 0.15) is 0 Å². The molecule has 1 amide bonds. The predicted molar refractivity (Wildman–Crippen MR) is 81.6 cm³/mol. The smallest absolute Gasteiger partial charge is 0.229 e. The number of aromatic nitrogens is 4. The van der Waals surface area contributed by atoms with E-state index in [2.05, 4.69) is 20.6 Å². The number of rotatable bonds is 5. The van der Waals surface area contributed by atoms with Crippen LogP contribution in [0.3, 0.4) is 0 Å². The molecule has 0 aromatic carbocycles. The SMILES string of the molecule is Cc1n[nH]c(C)c1CC(=O)Nc1cnn(CC2CCCO2)c1. The fourth-order valence-corrected chi connectivity index (χ4v) is 2.73. The standard InChI is InChI=1S/C15H21N5O2/c1-10-14(11(2)19-18-10)6-15(21)17-12-7-16-20(8-12)9-13-4-3-5-22-13/h7-8,13H,3-6,9H2,1-2H3,(H,17,21)(H,18,19). The number of nitrogens with one attached hydrogen (secondary N) is 2. The van der Waals surface area contributed by atoms with Crippen LogP contribution in [-0.2, 0) is 22.5 Å². The molecule has 1 fully saturated rings. The molecule has 0 saturated carbocycles. The molecule has 0 bridgehead atoms. The van der Waals surface area contributed by atoms with Crippen molar-refractivity contribution >= 4 is 11.6 Å². The minimum atomic E-state index is -0.0655. The van der Waals surface area contributed by atoms with E-state index in [1.165, 1.54) is 0 Å². The van der Waals surface area contributed by atoms with Crippen LogP contribution >= 0.6 is 0 Å². The van der Waals surface area contributed by atoms with Gasteiger partial charge in [0, 0.05) is 24.1 Å². The molecule has 2 N–H and O–H groups in total. The van der Waals surface area contributed by atoms with Crippen LogP contribution in [0.1, 0.15) is 29.8 Å². The third-order valence-electron chi connectivity index (χ3n) is 3.95. The van der Waals surface area contributed by atoms with Gasteiger partial charge in [-0.25, -0.2) is 0 Å². The lowest BCUT2D eigenvalue weighted by molar-refractivity contribution is -0.115. The van der Waals surface area contributed by atoms with Crippen LogP contribution in [-0.4, -0.2) is 38.6 Å². The first-order valence-electron chi connectivity index (χ1n) is 7.56. The van der Waals surface area contributed by atoms with E-state index >= 15 is 0 Å². The number of carbonyl (C=O) groups is 1. The van der Waals surface area contributed by atoms with Gasteiger partial charge in [0.05, 0.1) is 36.6 Å². The first-order chi connectivity index (χ1) is 10.6. The van der Waals surface area contributed by atoms with Gasteiger partial charge in [-0.15, -0.1) is 0 Å². The predicted octanol–water partition coefficient (Wildman–Crippen LogP) is 1.58. The summed E-state index contributed by atoms with van der Waals surface area (Å²) in [6.07, 6.45) is 6.24. The second kappa shape index (κ2) is 6.31. The van der Waals surface area contributed by atoms with Gasteiger partial charge < -0.3 is 10.1 Å². The quantitative estimate of drug-likeness (QED) is 0.878. The van der Waals surface area contributed by atoms with E-state index in [0.29, 0.717) is 12.1 Å². The van der Waals surface area contributed by atoms with Crippen LogP contribution in [0.2, 0.25) is 0 Å². The van der Waals surface area contributed by atoms with Crippen molar-refractivity contribution in [3.05, 3.63) is 29.3 Å². The van der Waals surface area contributed by atoms with Gasteiger partial charge >= 0.3 is 0 Å². The monoisotopic (exact) mass is 303 g/mol. The van der Waals surface area contributed by atoms with E-state index in [4.69, 9.17) is 4.74 Å². The Morgan fingerprint density at radius 1 is 1.55 bits per heavy atom. The second-order valence-corrected chi connectivity index (χ2v) is 5.72. The van der Waals surface area contributed by atoms with E-state index in [1.807, 2.05) is 24.7 Å². The van der Waals surface area contributed by atoms with Crippen LogP contribution in [0, 0.1) is 13.8 Å². The van der Waals surface area contributed by atoms with E-state index in [9.17, 15) is 4.79 Å². The number of nitrogens with zero attached hydrogens (tertiary/aromatic N) is 3. The number of hydrogen-bond donors (Lipinski definition) is 2. The Kier molecular flexibility index (Phi) is 4.24.